The van der Waals surface area contributed by atoms with Gasteiger partial charge < -0.3 is 14.4 Å². The second kappa shape index (κ2) is 4.90. The molecular formula is C15H14N2O2S. The van der Waals surface area contributed by atoms with Crippen molar-refractivity contribution in [2.24, 2.45) is 4.40 Å². The van der Waals surface area contributed by atoms with Gasteiger partial charge in [-0.15, -0.1) is 0 Å². The first-order chi connectivity index (χ1) is 9.92. The maximum absolute atomic E-state index is 5.66. The highest BCUT2D eigenvalue weighted by Gasteiger charge is 2.22. The van der Waals surface area contributed by atoms with E-state index in [2.05, 4.69) is 33.7 Å². The van der Waals surface area contributed by atoms with Crippen molar-refractivity contribution in [1.82, 2.24) is 4.90 Å². The van der Waals surface area contributed by atoms with Crippen LogP contribution in [0.2, 0.25) is 0 Å². The molecule has 3 heterocycles. The third-order valence-corrected chi connectivity index (χ3v) is 4.14. The van der Waals surface area contributed by atoms with Gasteiger partial charge in [-0.2, -0.15) is 4.40 Å². The zero-order valence-corrected chi connectivity index (χ0v) is 11.7. The fourth-order valence-electron chi connectivity index (χ4n) is 2.51. The Bertz CT molecular complexity index is 637. The quantitative estimate of drug-likeness (QED) is 0.743. The first kappa shape index (κ1) is 11.9. The maximum Gasteiger partial charge on any atom is 0.161 e. The molecule has 0 spiro atoms. The van der Waals surface area contributed by atoms with Gasteiger partial charge in [0.1, 0.15) is 19.0 Å². The molecule has 0 saturated heterocycles. The van der Waals surface area contributed by atoms with Crippen molar-refractivity contribution in [3.8, 4) is 11.5 Å². The molecule has 5 heteroatoms. The van der Waals surface area contributed by atoms with Crippen LogP contribution in [-0.2, 0) is 0 Å². The van der Waals surface area contributed by atoms with Crippen molar-refractivity contribution >= 4 is 23.4 Å². The molecule has 102 valence electrons. The van der Waals surface area contributed by atoms with E-state index in [1.165, 1.54) is 0 Å². The zero-order chi connectivity index (χ0) is 13.4. The van der Waals surface area contributed by atoms with Gasteiger partial charge in [-0.3, -0.25) is 0 Å². The summed E-state index contributed by atoms with van der Waals surface area (Å²) in [5, 5.41) is 0. The molecule has 4 nitrogen and oxygen atoms in total. The lowest BCUT2D eigenvalue weighted by atomic mass is 10.0. The summed E-state index contributed by atoms with van der Waals surface area (Å²) in [5.41, 5.74) is 2.25. The molecule has 20 heavy (non-hydrogen) atoms. The van der Waals surface area contributed by atoms with E-state index in [0.29, 0.717) is 13.2 Å². The monoisotopic (exact) mass is 286 g/mol. The number of fused-ring (bicyclic) bond motifs is 2. The van der Waals surface area contributed by atoms with E-state index in [9.17, 15) is 0 Å². The molecule has 1 aromatic rings. The summed E-state index contributed by atoms with van der Waals surface area (Å²) in [6.07, 6.45) is 6.26. The van der Waals surface area contributed by atoms with Crippen LogP contribution in [0.3, 0.4) is 0 Å². The fraction of sp³-hybridized carbons (Fsp3) is 0.267. The van der Waals surface area contributed by atoms with Crippen molar-refractivity contribution in [1.29, 1.82) is 0 Å². The Morgan fingerprint density at radius 3 is 3.00 bits per heavy atom. The van der Waals surface area contributed by atoms with Crippen LogP contribution < -0.4 is 9.47 Å². The summed E-state index contributed by atoms with van der Waals surface area (Å²) >= 11 is 1.62. The van der Waals surface area contributed by atoms with Crippen LogP contribution >= 0.6 is 11.9 Å². The number of amidine groups is 1. The van der Waals surface area contributed by atoms with Gasteiger partial charge in [0.25, 0.3) is 0 Å². The molecule has 0 aromatic heterocycles. The first-order valence-electron chi connectivity index (χ1n) is 6.67. The smallest absolute Gasteiger partial charge is 0.161 e. The summed E-state index contributed by atoms with van der Waals surface area (Å²) in [4.78, 5) is 2.20. The van der Waals surface area contributed by atoms with Gasteiger partial charge in [-0.05, 0) is 41.8 Å². The number of hydrogen-bond donors (Lipinski definition) is 0. The predicted octanol–water partition coefficient (Wildman–Crippen LogP) is 2.73. The van der Waals surface area contributed by atoms with Gasteiger partial charge in [-0.25, -0.2) is 0 Å². The fourth-order valence-corrected chi connectivity index (χ4v) is 3.20. The average Bonchev–Trinajstić information content (AvgIpc) is 2.54. The van der Waals surface area contributed by atoms with Crippen LogP contribution in [0.25, 0.3) is 5.57 Å². The Hall–Kier alpha value is -1.88. The standard InChI is InChI=1S/C15H14N2O2S/c1-2-12(15-16-20-9-6-17(15)5-1)11-3-4-13-14(10-11)19-8-7-18-13/h1-5,10H,6-9H2. The highest BCUT2D eigenvalue weighted by atomic mass is 32.2. The second-order valence-electron chi connectivity index (χ2n) is 4.72. The van der Waals surface area contributed by atoms with Gasteiger partial charge in [0.15, 0.2) is 11.5 Å². The molecule has 3 aliphatic rings. The molecule has 0 saturated carbocycles. The normalized spacial score (nSPS) is 20.1. The van der Waals surface area contributed by atoms with Crippen LogP contribution in [0.5, 0.6) is 11.5 Å². The molecule has 0 bridgehead atoms. The zero-order valence-electron chi connectivity index (χ0n) is 10.9. The Morgan fingerprint density at radius 1 is 1.15 bits per heavy atom. The van der Waals surface area contributed by atoms with Crippen LogP contribution in [0.1, 0.15) is 5.56 Å². The molecular weight excluding hydrogens is 272 g/mol. The Labute approximate surface area is 121 Å². The Kier molecular flexibility index (Phi) is 2.92. The number of benzene rings is 1. The summed E-state index contributed by atoms with van der Waals surface area (Å²) in [6, 6.07) is 6.09. The van der Waals surface area contributed by atoms with Crippen LogP contribution in [0, 0.1) is 0 Å². The minimum atomic E-state index is 0.609. The van der Waals surface area contributed by atoms with E-state index in [-0.39, 0.29) is 0 Å². The number of ether oxygens (including phenoxy) is 2. The third-order valence-electron chi connectivity index (χ3n) is 3.47. The average molecular weight is 286 g/mol. The summed E-state index contributed by atoms with van der Waals surface area (Å²) in [7, 11) is 0. The number of allylic oxidation sites excluding steroid dienone is 2. The van der Waals surface area contributed by atoms with E-state index in [0.717, 1.165) is 40.8 Å². The van der Waals surface area contributed by atoms with Crippen molar-refractivity contribution in [2.45, 2.75) is 0 Å². The molecule has 1 aromatic carbocycles. The lowest BCUT2D eigenvalue weighted by Gasteiger charge is -2.29. The molecule has 0 unspecified atom stereocenters. The molecule has 0 fully saturated rings. The van der Waals surface area contributed by atoms with E-state index < -0.39 is 0 Å². The van der Waals surface area contributed by atoms with Gasteiger partial charge in [0, 0.05) is 24.1 Å². The maximum atomic E-state index is 5.66. The minimum absolute atomic E-state index is 0.609. The van der Waals surface area contributed by atoms with Crippen LogP contribution in [0.15, 0.2) is 40.9 Å². The Morgan fingerprint density at radius 2 is 2.05 bits per heavy atom. The summed E-state index contributed by atoms with van der Waals surface area (Å²) in [6.45, 7) is 2.23. The number of nitrogens with zero attached hydrogens (tertiary/aromatic N) is 2. The van der Waals surface area contributed by atoms with Gasteiger partial charge >= 0.3 is 0 Å². The van der Waals surface area contributed by atoms with Gasteiger partial charge in [-0.1, -0.05) is 6.07 Å². The highest BCUT2D eigenvalue weighted by Crippen LogP contribution is 2.35. The minimum Gasteiger partial charge on any atom is -0.486 e. The molecule has 4 rings (SSSR count). The van der Waals surface area contributed by atoms with Gasteiger partial charge in [0.05, 0.1) is 0 Å². The third kappa shape index (κ3) is 1.98. The molecule has 0 aliphatic carbocycles. The van der Waals surface area contributed by atoms with Crippen molar-refractivity contribution in [3.05, 3.63) is 42.1 Å². The second-order valence-corrected chi connectivity index (χ2v) is 5.57. The van der Waals surface area contributed by atoms with Crippen LogP contribution in [0.4, 0.5) is 0 Å². The molecule has 0 N–H and O–H groups in total. The largest absolute Gasteiger partial charge is 0.486 e. The molecule has 0 atom stereocenters. The Balaban J connectivity index is 1.75. The summed E-state index contributed by atoms with van der Waals surface area (Å²) < 4.78 is 15.8. The van der Waals surface area contributed by atoms with E-state index in [1.54, 1.807) is 11.9 Å². The lowest BCUT2D eigenvalue weighted by molar-refractivity contribution is 0.171. The summed E-state index contributed by atoms with van der Waals surface area (Å²) in [5.74, 6) is 3.70. The lowest BCUT2D eigenvalue weighted by Crippen LogP contribution is -2.32. The first-order valence-corrected chi connectivity index (χ1v) is 7.61. The van der Waals surface area contributed by atoms with Crippen molar-refractivity contribution < 1.29 is 9.47 Å². The number of hydrogen-bond acceptors (Lipinski definition) is 5. The van der Waals surface area contributed by atoms with Gasteiger partial charge in [0.2, 0.25) is 0 Å². The van der Waals surface area contributed by atoms with E-state index in [1.807, 2.05) is 12.1 Å². The molecule has 0 radical (unpaired) electrons. The topological polar surface area (TPSA) is 34.1 Å². The SMILES string of the molecule is C1=CN2CCSN=C2C(c2ccc3c(c2)OCCO3)=C1. The molecule has 3 aliphatic heterocycles. The van der Waals surface area contributed by atoms with E-state index in [4.69, 9.17) is 9.47 Å². The highest BCUT2D eigenvalue weighted by molar-refractivity contribution is 7.98. The predicted molar refractivity (Wildman–Crippen MR) is 81.1 cm³/mol. The van der Waals surface area contributed by atoms with E-state index >= 15 is 0 Å². The van der Waals surface area contributed by atoms with Crippen molar-refractivity contribution in [3.63, 3.8) is 0 Å². The van der Waals surface area contributed by atoms with Crippen LogP contribution in [-0.4, -0.2) is 36.2 Å². The molecule has 0 amide bonds. The van der Waals surface area contributed by atoms with Crippen molar-refractivity contribution in [2.75, 3.05) is 25.5 Å². The number of rotatable bonds is 1.